The zero-order valence-electron chi connectivity index (χ0n) is 9.24. The highest BCUT2D eigenvalue weighted by molar-refractivity contribution is 5.92. The van der Waals surface area contributed by atoms with Crippen LogP contribution in [0.5, 0.6) is 11.5 Å². The Labute approximate surface area is 107 Å². The molecule has 1 aromatic carbocycles. The fourth-order valence-electron chi connectivity index (χ4n) is 1.24. The Balaban J connectivity index is 3.52. The van der Waals surface area contributed by atoms with Gasteiger partial charge >= 0.3 is 18.9 Å². The highest BCUT2D eigenvalue weighted by atomic mass is 19.4. The second kappa shape index (κ2) is 5.60. The topological polar surface area (TPSA) is 79.6 Å². The zero-order valence-corrected chi connectivity index (χ0v) is 9.24. The standard InChI is InChI=1S/C10H4F5NO4/c11-9(12)19-7-5(8(17)18)2-1-4(3-16)6(7)20-10(13,14)15/h1-2,9H,(H,17,18). The molecule has 0 radical (unpaired) electrons. The van der Waals surface area contributed by atoms with Gasteiger partial charge in [0.05, 0.1) is 5.56 Å². The third kappa shape index (κ3) is 3.71. The predicted octanol–water partition coefficient (Wildman–Crippen LogP) is 2.76. The molecule has 5 nitrogen and oxygen atoms in total. The van der Waals surface area contributed by atoms with Gasteiger partial charge in [-0.25, -0.2) is 4.79 Å². The van der Waals surface area contributed by atoms with Gasteiger partial charge in [0.25, 0.3) is 0 Å². The first kappa shape index (κ1) is 15.5. The molecule has 0 atom stereocenters. The predicted molar refractivity (Wildman–Crippen MR) is 51.4 cm³/mol. The van der Waals surface area contributed by atoms with Gasteiger partial charge in [0, 0.05) is 0 Å². The Hall–Kier alpha value is -2.57. The molecule has 20 heavy (non-hydrogen) atoms. The van der Waals surface area contributed by atoms with Gasteiger partial charge in [-0.3, -0.25) is 0 Å². The van der Waals surface area contributed by atoms with E-state index in [0.717, 1.165) is 0 Å². The van der Waals surface area contributed by atoms with Crippen LogP contribution in [0.3, 0.4) is 0 Å². The van der Waals surface area contributed by atoms with Crippen LogP contribution in [-0.2, 0) is 0 Å². The van der Waals surface area contributed by atoms with Crippen molar-refractivity contribution in [2.45, 2.75) is 13.0 Å². The lowest BCUT2D eigenvalue weighted by Crippen LogP contribution is -2.20. The van der Waals surface area contributed by atoms with Gasteiger partial charge in [-0.2, -0.15) is 14.0 Å². The van der Waals surface area contributed by atoms with Crippen molar-refractivity contribution in [1.82, 2.24) is 0 Å². The van der Waals surface area contributed by atoms with Crippen molar-refractivity contribution in [2.24, 2.45) is 0 Å². The van der Waals surface area contributed by atoms with Gasteiger partial charge in [-0.05, 0) is 12.1 Å². The minimum atomic E-state index is -5.32. The van der Waals surface area contributed by atoms with Crippen molar-refractivity contribution in [1.29, 1.82) is 5.26 Å². The summed E-state index contributed by atoms with van der Waals surface area (Å²) in [7, 11) is 0. The number of aromatic carboxylic acids is 1. The van der Waals surface area contributed by atoms with E-state index in [4.69, 9.17) is 10.4 Å². The molecule has 0 saturated carbocycles. The number of halogens is 5. The van der Waals surface area contributed by atoms with Gasteiger partial charge in [-0.1, -0.05) is 0 Å². The van der Waals surface area contributed by atoms with E-state index in [0.29, 0.717) is 12.1 Å². The van der Waals surface area contributed by atoms with E-state index >= 15 is 0 Å². The van der Waals surface area contributed by atoms with Gasteiger partial charge in [-0.15, -0.1) is 13.2 Å². The molecule has 0 heterocycles. The molecule has 1 N–H and O–H groups in total. The van der Waals surface area contributed by atoms with Crippen LogP contribution in [0, 0.1) is 11.3 Å². The molecule has 1 aromatic rings. The van der Waals surface area contributed by atoms with E-state index in [2.05, 4.69) is 9.47 Å². The van der Waals surface area contributed by atoms with E-state index in [1.54, 1.807) is 0 Å². The molecule has 0 saturated heterocycles. The minimum Gasteiger partial charge on any atom is -0.478 e. The second-order valence-electron chi connectivity index (χ2n) is 3.16. The molecule has 0 aliphatic carbocycles. The van der Waals surface area contributed by atoms with E-state index in [9.17, 15) is 26.7 Å². The summed E-state index contributed by atoms with van der Waals surface area (Å²) in [6, 6.07) is 2.59. The molecule has 108 valence electrons. The summed E-state index contributed by atoms with van der Waals surface area (Å²) in [5.41, 5.74) is -1.80. The van der Waals surface area contributed by atoms with Crippen LogP contribution in [0.1, 0.15) is 15.9 Å². The van der Waals surface area contributed by atoms with Crippen molar-refractivity contribution < 1.29 is 41.3 Å². The minimum absolute atomic E-state index is 0.655. The lowest BCUT2D eigenvalue weighted by atomic mass is 10.1. The normalized spacial score (nSPS) is 11.1. The molecular weight excluding hydrogens is 293 g/mol. The van der Waals surface area contributed by atoms with Gasteiger partial charge in [0.1, 0.15) is 11.6 Å². The number of carboxylic acids is 1. The largest absolute Gasteiger partial charge is 0.573 e. The van der Waals surface area contributed by atoms with E-state index < -0.39 is 41.6 Å². The van der Waals surface area contributed by atoms with Gasteiger partial charge in [0.2, 0.25) is 0 Å². The smallest absolute Gasteiger partial charge is 0.478 e. The maximum atomic E-state index is 12.2. The van der Waals surface area contributed by atoms with Crippen molar-refractivity contribution in [2.75, 3.05) is 0 Å². The Kier molecular flexibility index (Phi) is 4.34. The van der Waals surface area contributed by atoms with E-state index in [1.165, 1.54) is 6.07 Å². The number of nitrogens with zero attached hydrogens (tertiary/aromatic N) is 1. The van der Waals surface area contributed by atoms with Crippen LogP contribution in [0.2, 0.25) is 0 Å². The summed E-state index contributed by atoms with van der Waals surface area (Å²) in [6.45, 7) is -3.60. The zero-order chi connectivity index (χ0) is 15.5. The lowest BCUT2D eigenvalue weighted by molar-refractivity contribution is -0.275. The van der Waals surface area contributed by atoms with Crippen LogP contribution in [0.4, 0.5) is 22.0 Å². The molecule has 0 aromatic heterocycles. The number of hydrogen-bond donors (Lipinski definition) is 1. The number of rotatable bonds is 4. The summed E-state index contributed by atoms with van der Waals surface area (Å²) in [6.07, 6.45) is -5.32. The van der Waals surface area contributed by atoms with Crippen LogP contribution in [0.15, 0.2) is 12.1 Å². The SMILES string of the molecule is N#Cc1ccc(C(=O)O)c(OC(F)F)c1OC(F)(F)F. The summed E-state index contributed by atoms with van der Waals surface area (Å²) < 4.78 is 68.1. The molecule has 0 amide bonds. The van der Waals surface area contributed by atoms with Crippen molar-refractivity contribution in [3.63, 3.8) is 0 Å². The summed E-state index contributed by atoms with van der Waals surface area (Å²) in [5.74, 6) is -4.62. The first-order valence-electron chi connectivity index (χ1n) is 4.66. The van der Waals surface area contributed by atoms with Crippen LogP contribution in [-0.4, -0.2) is 24.0 Å². The van der Waals surface area contributed by atoms with Gasteiger partial charge in [0.15, 0.2) is 11.5 Å². The fraction of sp³-hybridized carbons (Fsp3) is 0.200. The number of carbonyl (C=O) groups is 1. The molecule has 0 fully saturated rings. The Morgan fingerprint density at radius 3 is 2.30 bits per heavy atom. The number of carboxylic acid groups (broad SMARTS) is 1. The average molecular weight is 297 g/mol. The van der Waals surface area contributed by atoms with Crippen LogP contribution in [0.25, 0.3) is 0 Å². The third-order valence-electron chi connectivity index (χ3n) is 1.89. The molecule has 0 aliphatic heterocycles. The van der Waals surface area contributed by atoms with Crippen molar-refractivity contribution in [3.05, 3.63) is 23.3 Å². The molecule has 0 spiro atoms. The van der Waals surface area contributed by atoms with Crippen LogP contribution >= 0.6 is 0 Å². The lowest BCUT2D eigenvalue weighted by Gasteiger charge is -2.16. The molecule has 0 bridgehead atoms. The Morgan fingerprint density at radius 2 is 1.90 bits per heavy atom. The quantitative estimate of drug-likeness (QED) is 0.864. The first-order chi connectivity index (χ1) is 9.15. The number of hydrogen-bond acceptors (Lipinski definition) is 4. The van der Waals surface area contributed by atoms with E-state index in [-0.39, 0.29) is 0 Å². The second-order valence-corrected chi connectivity index (χ2v) is 3.16. The maximum Gasteiger partial charge on any atom is 0.573 e. The first-order valence-corrected chi connectivity index (χ1v) is 4.66. The average Bonchev–Trinajstić information content (AvgIpc) is 2.28. The highest BCUT2D eigenvalue weighted by Crippen LogP contribution is 2.39. The molecule has 0 unspecified atom stereocenters. The highest BCUT2D eigenvalue weighted by Gasteiger charge is 2.36. The van der Waals surface area contributed by atoms with Crippen molar-refractivity contribution in [3.8, 4) is 17.6 Å². The number of alkyl halides is 5. The van der Waals surface area contributed by atoms with Crippen LogP contribution < -0.4 is 9.47 Å². The summed E-state index contributed by atoms with van der Waals surface area (Å²) in [5, 5.41) is 17.3. The maximum absolute atomic E-state index is 12.2. The number of benzene rings is 1. The fourth-order valence-corrected chi connectivity index (χ4v) is 1.24. The monoisotopic (exact) mass is 297 g/mol. The number of ether oxygens (including phenoxy) is 2. The molecule has 10 heteroatoms. The molecule has 1 rings (SSSR count). The summed E-state index contributed by atoms with van der Waals surface area (Å²) in [4.78, 5) is 10.8. The molecule has 0 aliphatic rings. The Morgan fingerprint density at radius 1 is 1.30 bits per heavy atom. The van der Waals surface area contributed by atoms with Crippen molar-refractivity contribution >= 4 is 5.97 Å². The number of nitriles is 1. The molecular formula is C10H4F5NO4. The Bertz CT molecular complexity index is 564. The van der Waals surface area contributed by atoms with E-state index in [1.807, 2.05) is 0 Å². The van der Waals surface area contributed by atoms with Gasteiger partial charge < -0.3 is 14.6 Å². The third-order valence-corrected chi connectivity index (χ3v) is 1.89. The summed E-state index contributed by atoms with van der Waals surface area (Å²) >= 11 is 0.